The van der Waals surface area contributed by atoms with E-state index in [1.807, 2.05) is 19.1 Å². The van der Waals surface area contributed by atoms with Crippen LogP contribution in [0.3, 0.4) is 0 Å². The molecule has 80 valence electrons. The molecule has 1 unspecified atom stereocenters. The second kappa shape index (κ2) is 7.26. The fourth-order valence-electron chi connectivity index (χ4n) is 0.787. The van der Waals surface area contributed by atoms with E-state index in [1.165, 1.54) is 0 Å². The highest BCUT2D eigenvalue weighted by Gasteiger charge is 2.04. The van der Waals surface area contributed by atoms with Gasteiger partial charge < -0.3 is 9.84 Å². The third-order valence-electron chi connectivity index (χ3n) is 1.40. The van der Waals surface area contributed by atoms with Crippen LogP contribution in [-0.4, -0.2) is 50.1 Å². The van der Waals surface area contributed by atoms with Crippen molar-refractivity contribution in [2.45, 2.75) is 20.0 Å². The zero-order chi connectivity index (χ0) is 10.3. The van der Waals surface area contributed by atoms with Gasteiger partial charge in [-0.25, -0.2) is 0 Å². The van der Waals surface area contributed by atoms with Gasteiger partial charge in [-0.15, -0.1) is 0 Å². The van der Waals surface area contributed by atoms with Crippen molar-refractivity contribution in [2.24, 2.45) is 5.92 Å². The summed E-state index contributed by atoms with van der Waals surface area (Å²) in [6.45, 7) is 5.82. The average molecular weight is 190 g/mol. The predicted molar refractivity (Wildman–Crippen MR) is 53.4 cm³/mol. The van der Waals surface area contributed by atoms with Crippen LogP contribution in [0.4, 0.5) is 0 Å². The number of hydrogen-bond donors (Lipinski definition) is 2. The minimum atomic E-state index is -0.429. The maximum absolute atomic E-state index is 9.40. The van der Waals surface area contributed by atoms with Gasteiger partial charge in [0.25, 0.3) is 0 Å². The molecule has 4 nitrogen and oxygen atoms in total. The van der Waals surface area contributed by atoms with Crippen LogP contribution in [0.15, 0.2) is 0 Å². The van der Waals surface area contributed by atoms with Gasteiger partial charge >= 0.3 is 0 Å². The lowest BCUT2D eigenvalue weighted by atomic mass is 10.2. The molecule has 0 aromatic carbocycles. The number of rotatable bonds is 7. The molecule has 0 heterocycles. The summed E-state index contributed by atoms with van der Waals surface area (Å²) in [7, 11) is 3.78. The van der Waals surface area contributed by atoms with Crippen molar-refractivity contribution in [1.29, 1.82) is 0 Å². The van der Waals surface area contributed by atoms with Gasteiger partial charge in [0, 0.05) is 27.2 Å². The highest BCUT2D eigenvalue weighted by atomic mass is 16.5. The molecule has 0 aromatic heterocycles. The van der Waals surface area contributed by atoms with Crippen molar-refractivity contribution in [3.63, 3.8) is 0 Å². The third kappa shape index (κ3) is 9.76. The molecular weight excluding hydrogens is 168 g/mol. The van der Waals surface area contributed by atoms with Gasteiger partial charge in [-0.05, 0) is 5.92 Å². The molecule has 0 aliphatic rings. The van der Waals surface area contributed by atoms with Gasteiger partial charge in [-0.2, -0.15) is 0 Å². The Morgan fingerprint density at radius 1 is 1.31 bits per heavy atom. The number of aliphatic hydroxyl groups excluding tert-OH is 1. The van der Waals surface area contributed by atoms with Crippen molar-refractivity contribution in [1.82, 2.24) is 10.4 Å². The highest BCUT2D eigenvalue weighted by molar-refractivity contribution is 4.55. The van der Waals surface area contributed by atoms with Gasteiger partial charge in [-0.1, -0.05) is 13.8 Å². The standard InChI is InChI=1S/C9H22N2O2/c1-8(2)6-13-7-9(12)5-10-11(3)4/h8-10,12H,5-7H2,1-4H3. The maximum Gasteiger partial charge on any atom is 0.0911 e. The number of ether oxygens (including phenoxy) is 1. The number of aliphatic hydroxyl groups is 1. The van der Waals surface area contributed by atoms with Gasteiger partial charge in [0.15, 0.2) is 0 Å². The molecule has 0 saturated heterocycles. The summed E-state index contributed by atoms with van der Waals surface area (Å²) in [6, 6.07) is 0. The third-order valence-corrected chi connectivity index (χ3v) is 1.40. The Bertz CT molecular complexity index is 118. The molecule has 0 spiro atoms. The first-order valence-electron chi connectivity index (χ1n) is 4.69. The molecule has 0 saturated carbocycles. The van der Waals surface area contributed by atoms with Crippen LogP contribution in [0.5, 0.6) is 0 Å². The molecule has 0 amide bonds. The molecule has 1 atom stereocenters. The lowest BCUT2D eigenvalue weighted by Crippen LogP contribution is -2.38. The first-order chi connectivity index (χ1) is 6.02. The van der Waals surface area contributed by atoms with Gasteiger partial charge in [0.1, 0.15) is 0 Å². The van der Waals surface area contributed by atoms with Crippen molar-refractivity contribution < 1.29 is 9.84 Å². The van der Waals surface area contributed by atoms with Crippen molar-refractivity contribution in [3.8, 4) is 0 Å². The highest BCUT2D eigenvalue weighted by Crippen LogP contribution is 1.93. The van der Waals surface area contributed by atoms with E-state index in [9.17, 15) is 5.11 Å². The van der Waals surface area contributed by atoms with Gasteiger partial charge in [0.05, 0.1) is 12.7 Å². The molecule has 0 bridgehead atoms. The zero-order valence-corrected chi connectivity index (χ0v) is 9.08. The number of nitrogens with one attached hydrogen (secondary N) is 1. The van der Waals surface area contributed by atoms with E-state index >= 15 is 0 Å². The summed E-state index contributed by atoms with van der Waals surface area (Å²) >= 11 is 0. The fraction of sp³-hybridized carbons (Fsp3) is 1.00. The largest absolute Gasteiger partial charge is 0.389 e. The molecular formula is C9H22N2O2. The van der Waals surface area contributed by atoms with E-state index in [0.717, 1.165) is 0 Å². The minimum Gasteiger partial charge on any atom is -0.389 e. The quantitative estimate of drug-likeness (QED) is 0.558. The Balaban J connectivity index is 3.25. The molecule has 4 heteroatoms. The van der Waals surface area contributed by atoms with E-state index in [-0.39, 0.29) is 0 Å². The molecule has 0 aromatic rings. The van der Waals surface area contributed by atoms with Crippen molar-refractivity contribution >= 4 is 0 Å². The summed E-state index contributed by atoms with van der Waals surface area (Å²) < 4.78 is 5.28. The van der Waals surface area contributed by atoms with Crippen LogP contribution in [0.2, 0.25) is 0 Å². The first-order valence-corrected chi connectivity index (χ1v) is 4.69. The normalized spacial score (nSPS) is 14.1. The van der Waals surface area contributed by atoms with Crippen LogP contribution in [0, 0.1) is 5.92 Å². The molecule has 0 fully saturated rings. The van der Waals surface area contributed by atoms with E-state index in [4.69, 9.17) is 4.74 Å². The monoisotopic (exact) mass is 190 g/mol. The molecule has 2 N–H and O–H groups in total. The number of nitrogens with zero attached hydrogens (tertiary/aromatic N) is 1. The average Bonchev–Trinajstić information content (AvgIpc) is 2.00. The van der Waals surface area contributed by atoms with E-state index in [0.29, 0.717) is 25.7 Å². The van der Waals surface area contributed by atoms with E-state index in [2.05, 4.69) is 19.3 Å². The van der Waals surface area contributed by atoms with Gasteiger partial charge in [0.2, 0.25) is 0 Å². The molecule has 0 rings (SSSR count). The summed E-state index contributed by atoms with van der Waals surface area (Å²) in [5, 5.41) is 11.2. The fourth-order valence-corrected chi connectivity index (χ4v) is 0.787. The van der Waals surface area contributed by atoms with Crippen LogP contribution in [0.1, 0.15) is 13.8 Å². The summed E-state index contributed by atoms with van der Waals surface area (Å²) in [4.78, 5) is 0. The molecule has 0 radical (unpaired) electrons. The number of hydrogen-bond acceptors (Lipinski definition) is 4. The van der Waals surface area contributed by atoms with Crippen LogP contribution < -0.4 is 5.43 Å². The zero-order valence-electron chi connectivity index (χ0n) is 9.08. The molecule has 0 aliphatic carbocycles. The Morgan fingerprint density at radius 3 is 2.38 bits per heavy atom. The minimum absolute atomic E-state index is 0.402. The lowest BCUT2D eigenvalue weighted by Gasteiger charge is -2.16. The molecule has 13 heavy (non-hydrogen) atoms. The summed E-state index contributed by atoms with van der Waals surface area (Å²) in [6.07, 6.45) is -0.429. The first kappa shape index (κ1) is 12.8. The second-order valence-electron chi connectivity index (χ2n) is 3.84. The van der Waals surface area contributed by atoms with E-state index < -0.39 is 6.10 Å². The topological polar surface area (TPSA) is 44.7 Å². The SMILES string of the molecule is CC(C)COCC(O)CNN(C)C. The lowest BCUT2D eigenvalue weighted by molar-refractivity contribution is 0.0190. The number of hydrazine groups is 1. The van der Waals surface area contributed by atoms with Crippen LogP contribution >= 0.6 is 0 Å². The second-order valence-corrected chi connectivity index (χ2v) is 3.84. The Morgan fingerprint density at radius 2 is 1.92 bits per heavy atom. The van der Waals surface area contributed by atoms with Gasteiger partial charge in [-0.3, -0.25) is 10.4 Å². The van der Waals surface area contributed by atoms with Crippen LogP contribution in [0.25, 0.3) is 0 Å². The predicted octanol–water partition coefficient (Wildman–Crippen LogP) is 0.0861. The van der Waals surface area contributed by atoms with Crippen LogP contribution in [-0.2, 0) is 4.74 Å². The molecule has 0 aliphatic heterocycles. The Hall–Kier alpha value is -0.160. The van der Waals surface area contributed by atoms with Crippen molar-refractivity contribution in [2.75, 3.05) is 33.9 Å². The smallest absolute Gasteiger partial charge is 0.0911 e. The van der Waals surface area contributed by atoms with Crippen molar-refractivity contribution in [3.05, 3.63) is 0 Å². The summed E-state index contributed by atoms with van der Waals surface area (Å²) in [5.74, 6) is 0.522. The summed E-state index contributed by atoms with van der Waals surface area (Å²) in [5.41, 5.74) is 2.99. The Labute approximate surface area is 80.8 Å². The Kier molecular flexibility index (Phi) is 7.17. The van der Waals surface area contributed by atoms with E-state index in [1.54, 1.807) is 0 Å². The maximum atomic E-state index is 9.40.